The first-order valence-corrected chi connectivity index (χ1v) is 8.32. The van der Waals surface area contributed by atoms with Crippen LogP contribution in [-0.2, 0) is 14.6 Å². The van der Waals surface area contributed by atoms with Crippen molar-refractivity contribution in [3.05, 3.63) is 41.3 Å². The maximum atomic E-state index is 11.9. The zero-order chi connectivity index (χ0) is 14.9. The van der Waals surface area contributed by atoms with E-state index >= 15 is 0 Å². The number of nitrogens with zero attached hydrogens (tertiary/aromatic N) is 1. The molecule has 0 saturated heterocycles. The molecule has 0 fully saturated rings. The number of rotatable bonds is 3. The third-order valence-corrected chi connectivity index (χ3v) is 4.80. The molecule has 2 rings (SSSR count). The quantitative estimate of drug-likeness (QED) is 0.860. The Kier molecular flexibility index (Phi) is 3.99. The summed E-state index contributed by atoms with van der Waals surface area (Å²) < 4.78 is 23.0. The molecule has 1 amide bonds. The van der Waals surface area contributed by atoms with Gasteiger partial charge >= 0.3 is 0 Å². The van der Waals surface area contributed by atoms with Gasteiger partial charge in [-0.2, -0.15) is 0 Å². The van der Waals surface area contributed by atoms with Crippen molar-refractivity contribution in [1.29, 1.82) is 0 Å². The number of carbonyl (C=O) groups excluding carboxylic acids is 1. The van der Waals surface area contributed by atoms with Gasteiger partial charge < -0.3 is 4.90 Å². The van der Waals surface area contributed by atoms with Crippen molar-refractivity contribution in [2.45, 2.75) is 32.7 Å². The Morgan fingerprint density at radius 1 is 1.25 bits per heavy atom. The Bertz CT molecular complexity index is 630. The molecule has 0 saturated carbocycles. The third kappa shape index (κ3) is 3.10. The van der Waals surface area contributed by atoms with E-state index in [1.54, 1.807) is 6.08 Å². The molecule has 0 aliphatic carbocycles. The van der Waals surface area contributed by atoms with E-state index in [-0.39, 0.29) is 11.7 Å². The van der Waals surface area contributed by atoms with Gasteiger partial charge in [0.05, 0.1) is 11.8 Å². The summed E-state index contributed by atoms with van der Waals surface area (Å²) in [5, 5.41) is 1.19. The van der Waals surface area contributed by atoms with Crippen LogP contribution in [0.5, 0.6) is 0 Å². The number of hydrogen-bond donors (Lipinski definition) is 0. The number of anilines is 1. The Balaban J connectivity index is 2.30. The van der Waals surface area contributed by atoms with Gasteiger partial charge in [-0.1, -0.05) is 26.0 Å². The molecular formula is C15H19NO3S. The monoisotopic (exact) mass is 293 g/mol. The number of hydrogen-bond acceptors (Lipinski definition) is 3. The van der Waals surface area contributed by atoms with Gasteiger partial charge in [0.1, 0.15) is 0 Å². The van der Waals surface area contributed by atoms with Gasteiger partial charge in [0.2, 0.25) is 5.91 Å². The van der Waals surface area contributed by atoms with Crippen molar-refractivity contribution >= 4 is 21.4 Å². The van der Waals surface area contributed by atoms with E-state index in [2.05, 4.69) is 13.8 Å². The van der Waals surface area contributed by atoms with E-state index in [4.69, 9.17) is 0 Å². The van der Waals surface area contributed by atoms with E-state index in [0.717, 1.165) is 5.69 Å². The second kappa shape index (κ2) is 5.40. The number of amides is 1. The summed E-state index contributed by atoms with van der Waals surface area (Å²) in [4.78, 5) is 13.4. The molecule has 1 heterocycles. The summed E-state index contributed by atoms with van der Waals surface area (Å²) in [6.07, 6.45) is 1.58. The number of carbonyl (C=O) groups is 1. The first-order chi connectivity index (χ1) is 9.30. The van der Waals surface area contributed by atoms with Gasteiger partial charge in [0, 0.05) is 18.0 Å². The maximum Gasteiger partial charge on any atom is 0.224 e. The van der Waals surface area contributed by atoms with Gasteiger partial charge in [0.25, 0.3) is 0 Å². The average molecular weight is 293 g/mol. The van der Waals surface area contributed by atoms with Gasteiger partial charge in [-0.05, 0) is 29.7 Å². The predicted molar refractivity (Wildman–Crippen MR) is 80.4 cm³/mol. The van der Waals surface area contributed by atoms with E-state index in [1.807, 2.05) is 24.3 Å². The first-order valence-electron chi connectivity index (χ1n) is 6.61. The Morgan fingerprint density at radius 3 is 2.25 bits per heavy atom. The van der Waals surface area contributed by atoms with Crippen LogP contribution in [0.1, 0.15) is 32.3 Å². The lowest BCUT2D eigenvalue weighted by molar-refractivity contribution is -0.116. The molecule has 5 heteroatoms. The van der Waals surface area contributed by atoms with Crippen LogP contribution in [0.15, 0.2) is 35.7 Å². The normalized spacial score (nSPS) is 20.3. The molecule has 0 N–H and O–H groups in total. The van der Waals surface area contributed by atoms with Crippen molar-refractivity contribution in [2.75, 3.05) is 10.7 Å². The van der Waals surface area contributed by atoms with Crippen LogP contribution in [0.3, 0.4) is 0 Å². The third-order valence-electron chi connectivity index (χ3n) is 3.42. The summed E-state index contributed by atoms with van der Waals surface area (Å²) in [5.41, 5.74) is 1.92. The van der Waals surface area contributed by atoms with Crippen LogP contribution in [0, 0.1) is 0 Å². The zero-order valence-electron chi connectivity index (χ0n) is 11.9. The molecule has 4 nitrogen and oxygen atoms in total. The molecule has 1 aromatic rings. The molecule has 0 bridgehead atoms. The number of sulfone groups is 1. The first kappa shape index (κ1) is 14.8. The molecule has 1 atom stereocenters. The fourth-order valence-corrected chi connectivity index (χ4v) is 3.61. The van der Waals surface area contributed by atoms with Crippen molar-refractivity contribution < 1.29 is 13.2 Å². The second-order valence-corrected chi connectivity index (χ2v) is 7.29. The Labute approximate surface area is 120 Å². The highest BCUT2D eigenvalue weighted by molar-refractivity contribution is 7.94. The molecule has 1 aliphatic heterocycles. The molecule has 0 spiro atoms. The summed E-state index contributed by atoms with van der Waals surface area (Å²) in [6.45, 7) is 5.66. The van der Waals surface area contributed by atoms with E-state index in [9.17, 15) is 13.2 Å². The Morgan fingerprint density at radius 2 is 1.85 bits per heavy atom. The lowest BCUT2D eigenvalue weighted by Crippen LogP contribution is -2.39. The summed E-state index contributed by atoms with van der Waals surface area (Å²) >= 11 is 0. The minimum atomic E-state index is -3.18. The zero-order valence-corrected chi connectivity index (χ0v) is 12.7. The minimum absolute atomic E-state index is 0.0431. The SMILES string of the molecule is CC(=O)N(c1ccc(C(C)C)cc1)[C@H]1C=CS(=O)(=O)C1. The Hall–Kier alpha value is -1.62. The van der Waals surface area contributed by atoms with E-state index in [1.165, 1.54) is 22.8 Å². The molecule has 0 aromatic heterocycles. The largest absolute Gasteiger partial charge is 0.305 e. The minimum Gasteiger partial charge on any atom is -0.305 e. The molecule has 0 unspecified atom stereocenters. The molecule has 108 valence electrons. The van der Waals surface area contributed by atoms with Crippen LogP contribution in [0.25, 0.3) is 0 Å². The summed E-state index contributed by atoms with van der Waals surface area (Å²) in [7, 11) is -3.18. The van der Waals surface area contributed by atoms with Gasteiger partial charge in [-0.15, -0.1) is 0 Å². The molecule has 20 heavy (non-hydrogen) atoms. The van der Waals surface area contributed by atoms with E-state index < -0.39 is 15.9 Å². The van der Waals surface area contributed by atoms with Crippen LogP contribution in [0.2, 0.25) is 0 Å². The van der Waals surface area contributed by atoms with Crippen LogP contribution < -0.4 is 4.90 Å². The smallest absolute Gasteiger partial charge is 0.224 e. The topological polar surface area (TPSA) is 54.5 Å². The fourth-order valence-electron chi connectivity index (χ4n) is 2.35. The number of benzene rings is 1. The lowest BCUT2D eigenvalue weighted by Gasteiger charge is -2.26. The van der Waals surface area contributed by atoms with Gasteiger partial charge in [0.15, 0.2) is 9.84 Å². The molecule has 1 aliphatic rings. The van der Waals surface area contributed by atoms with Crippen LogP contribution >= 0.6 is 0 Å². The highest BCUT2D eigenvalue weighted by Crippen LogP contribution is 2.25. The van der Waals surface area contributed by atoms with Crippen molar-refractivity contribution in [1.82, 2.24) is 0 Å². The summed E-state index contributed by atoms with van der Waals surface area (Å²) in [6, 6.07) is 7.28. The van der Waals surface area contributed by atoms with Crippen molar-refractivity contribution in [2.24, 2.45) is 0 Å². The highest BCUT2D eigenvalue weighted by Gasteiger charge is 2.29. The second-order valence-electron chi connectivity index (χ2n) is 5.36. The molecule has 0 radical (unpaired) electrons. The van der Waals surface area contributed by atoms with Crippen molar-refractivity contribution in [3.8, 4) is 0 Å². The lowest BCUT2D eigenvalue weighted by atomic mass is 10.0. The molecular weight excluding hydrogens is 274 g/mol. The van der Waals surface area contributed by atoms with Gasteiger partial charge in [-0.25, -0.2) is 8.42 Å². The predicted octanol–water partition coefficient (Wildman–Crippen LogP) is 2.47. The van der Waals surface area contributed by atoms with E-state index in [0.29, 0.717) is 5.92 Å². The standard InChI is InChI=1S/C15H19NO3S/c1-11(2)13-4-6-14(7-5-13)16(12(3)17)15-8-9-20(18,19)10-15/h4-9,11,15H,10H2,1-3H3/t15-/m0/s1. The average Bonchev–Trinajstić information content (AvgIpc) is 2.70. The maximum absolute atomic E-state index is 11.9. The highest BCUT2D eigenvalue weighted by atomic mass is 32.2. The van der Waals surface area contributed by atoms with Gasteiger partial charge in [-0.3, -0.25) is 4.79 Å². The van der Waals surface area contributed by atoms with Crippen LogP contribution in [0.4, 0.5) is 5.69 Å². The molecule has 1 aromatic carbocycles. The van der Waals surface area contributed by atoms with Crippen LogP contribution in [-0.4, -0.2) is 26.1 Å². The van der Waals surface area contributed by atoms with Crippen molar-refractivity contribution in [3.63, 3.8) is 0 Å². The summed E-state index contributed by atoms with van der Waals surface area (Å²) in [5.74, 6) is 0.217. The fraction of sp³-hybridized carbons (Fsp3) is 0.400.